The highest BCUT2D eigenvalue weighted by Crippen LogP contribution is 2.61. The van der Waals surface area contributed by atoms with Crippen LogP contribution in [-0.4, -0.2) is 0 Å². The van der Waals surface area contributed by atoms with E-state index in [1.54, 1.807) is 12.2 Å². The van der Waals surface area contributed by atoms with E-state index in [0.717, 1.165) is 73.3 Å². The fraction of sp³-hybridized carbons (Fsp3) is 0.0476. The maximum absolute atomic E-state index is 17.4. The van der Waals surface area contributed by atoms with Crippen molar-refractivity contribution in [3.63, 3.8) is 0 Å². The third-order valence-corrected chi connectivity index (χ3v) is 18.2. The van der Waals surface area contributed by atoms with E-state index < -0.39 is 34.1 Å². The Morgan fingerprint density at radius 1 is 0.363 bits per heavy atom. The van der Waals surface area contributed by atoms with Gasteiger partial charge < -0.3 is 14.4 Å². The Balaban J connectivity index is 0.960. The van der Waals surface area contributed by atoms with Crippen LogP contribution in [0.2, 0.25) is 0 Å². The van der Waals surface area contributed by atoms with Crippen molar-refractivity contribution in [1.82, 2.24) is 0 Å². The predicted octanol–water partition coefficient (Wildman–Crippen LogP) is 22.7. The van der Waals surface area contributed by atoms with Crippen molar-refractivity contribution in [2.75, 3.05) is 4.90 Å². The topological polar surface area (TPSA) is 21.7 Å². The second-order valence-corrected chi connectivity index (χ2v) is 23.2. The van der Waals surface area contributed by atoms with Gasteiger partial charge in [-0.1, -0.05) is 195 Å². The summed E-state index contributed by atoms with van der Waals surface area (Å²) in [5, 5.41) is 0. The molecule has 0 fully saturated rings. The van der Waals surface area contributed by atoms with E-state index in [-0.39, 0.29) is 11.1 Å². The van der Waals surface area contributed by atoms with Gasteiger partial charge in [0.2, 0.25) is 0 Å². The van der Waals surface area contributed by atoms with Crippen LogP contribution in [0.5, 0.6) is 23.0 Å². The van der Waals surface area contributed by atoms with Gasteiger partial charge in [0.05, 0.1) is 10.8 Å². The molecule has 12 aromatic carbocycles. The molecule has 0 spiro atoms. The molecule has 0 N–H and O–H groups in total. The summed E-state index contributed by atoms with van der Waals surface area (Å²) in [5.41, 5.74) is 12.3. The third-order valence-electron chi connectivity index (χ3n) is 18.2. The number of allylic oxidation sites excluding steroid dienone is 4. The second kappa shape index (κ2) is 23.0. The van der Waals surface area contributed by atoms with Crippen LogP contribution in [0.3, 0.4) is 0 Å². The first-order chi connectivity index (χ1) is 44.6. The van der Waals surface area contributed by atoms with E-state index in [4.69, 9.17) is 9.47 Å². The normalized spacial score (nSPS) is 15.9. The first kappa shape index (κ1) is 56.2. The standard InChI is InChI=1S/C84H57F4NO2/c1-3-54-30-40-65(41-31-54)90-67-44-34-60(35-45-67)83(81-77(85)26-14-27-78(81)86)73-24-10-8-22-69(73)71-48-38-63(52-75(71)83)89(62-21-13-20-59(51-62)58-19-12-18-57(50-58)56-16-6-5-7-17-56)64-39-49-72-70-23-9-11-25-74(70)84(76(72)53-64,82-79(87)28-15-29-80(82)88)61-36-46-68(47-37-61)91-66-42-32-55(4-2)33-43-66/h3-8,10-22,24-53H,1-2,9,23H2. The summed E-state index contributed by atoms with van der Waals surface area (Å²) in [4.78, 5) is 2.15. The first-order valence-electron chi connectivity index (χ1n) is 30.4. The quantitative estimate of drug-likeness (QED) is 0.0955. The van der Waals surface area contributed by atoms with Crippen LogP contribution >= 0.6 is 0 Å². The van der Waals surface area contributed by atoms with Crippen LogP contribution in [-0.2, 0) is 10.8 Å². The third kappa shape index (κ3) is 9.51. The highest BCUT2D eigenvalue weighted by Gasteiger charge is 2.52. The molecule has 12 aromatic rings. The highest BCUT2D eigenvalue weighted by molar-refractivity contribution is 5.93. The molecule has 0 saturated carbocycles. The number of hydrogen-bond acceptors (Lipinski definition) is 3. The van der Waals surface area contributed by atoms with Crippen molar-refractivity contribution in [1.29, 1.82) is 0 Å². The molecule has 438 valence electrons. The minimum Gasteiger partial charge on any atom is -0.457 e. The average molecular weight is 1190 g/mol. The van der Waals surface area contributed by atoms with Gasteiger partial charge in [-0.3, -0.25) is 0 Å². The predicted molar refractivity (Wildman–Crippen MR) is 360 cm³/mol. The molecule has 0 heterocycles. The molecule has 0 saturated heterocycles. The van der Waals surface area contributed by atoms with Crippen molar-refractivity contribution in [3.8, 4) is 56.4 Å². The van der Waals surface area contributed by atoms with Gasteiger partial charge in [-0.15, -0.1) is 0 Å². The molecule has 0 bridgehead atoms. The van der Waals surface area contributed by atoms with Crippen LogP contribution in [0.15, 0.2) is 304 Å². The summed E-state index contributed by atoms with van der Waals surface area (Å²) in [5.74, 6) is -0.472. The van der Waals surface area contributed by atoms with E-state index in [2.05, 4.69) is 96.9 Å². The Bertz CT molecular complexity index is 4860. The van der Waals surface area contributed by atoms with E-state index >= 15 is 17.6 Å². The lowest BCUT2D eigenvalue weighted by molar-refractivity contribution is 0.481. The Kier molecular flexibility index (Phi) is 14.2. The molecule has 91 heavy (non-hydrogen) atoms. The van der Waals surface area contributed by atoms with E-state index in [9.17, 15) is 0 Å². The van der Waals surface area contributed by atoms with Crippen molar-refractivity contribution < 1.29 is 27.0 Å². The molecule has 0 aliphatic heterocycles. The first-order valence-corrected chi connectivity index (χ1v) is 30.4. The molecule has 15 rings (SSSR count). The number of halogens is 4. The largest absolute Gasteiger partial charge is 0.457 e. The van der Waals surface area contributed by atoms with Gasteiger partial charge in [-0.25, -0.2) is 17.6 Å². The Morgan fingerprint density at radius 3 is 1.36 bits per heavy atom. The summed E-state index contributed by atoms with van der Waals surface area (Å²) in [7, 11) is 0. The molecular weight excluding hydrogens is 1130 g/mol. The SMILES string of the molecule is C=Cc1ccc(Oc2ccc(C3(c4c(F)cccc4F)C4=C(CCC=C4)c4ccc(N(c5cccc(-c6cccc(-c7ccccc7)c6)c5)c5ccc6c(c5)C(c5ccc(Oc7ccc(C=C)cc7)cc5)(c5c(F)cccc5F)c5ccccc5-6)cc43)cc2)cc1. The fourth-order valence-corrected chi connectivity index (χ4v) is 14.2. The maximum atomic E-state index is 17.4. The smallest absolute Gasteiger partial charge is 0.130 e. The van der Waals surface area contributed by atoms with Crippen LogP contribution < -0.4 is 14.4 Å². The minimum absolute atomic E-state index is 0.0977. The molecule has 2 atom stereocenters. The van der Waals surface area contributed by atoms with Crippen LogP contribution in [0.25, 0.3) is 51.1 Å². The highest BCUT2D eigenvalue weighted by atomic mass is 19.1. The van der Waals surface area contributed by atoms with Crippen molar-refractivity contribution in [2.24, 2.45) is 0 Å². The Hall–Kier alpha value is -11.3. The van der Waals surface area contributed by atoms with Gasteiger partial charge in [0.25, 0.3) is 0 Å². The van der Waals surface area contributed by atoms with Crippen LogP contribution in [0.4, 0.5) is 34.6 Å². The molecule has 0 aromatic heterocycles. The summed E-state index contributed by atoms with van der Waals surface area (Å²) >= 11 is 0. The summed E-state index contributed by atoms with van der Waals surface area (Å²) in [6.07, 6.45) is 9.04. The molecule has 2 unspecified atom stereocenters. The number of hydrogen-bond donors (Lipinski definition) is 0. The second-order valence-electron chi connectivity index (χ2n) is 23.2. The lowest BCUT2D eigenvalue weighted by Gasteiger charge is -2.37. The Labute approximate surface area is 526 Å². The number of rotatable bonds is 15. The number of anilines is 3. The van der Waals surface area contributed by atoms with Crippen LogP contribution in [0.1, 0.15) is 68.5 Å². The lowest BCUT2D eigenvalue weighted by Crippen LogP contribution is -2.32. The number of nitrogens with zero attached hydrogens (tertiary/aromatic N) is 1. The van der Waals surface area contributed by atoms with Crippen molar-refractivity contribution >= 4 is 34.8 Å². The van der Waals surface area contributed by atoms with Crippen molar-refractivity contribution in [3.05, 3.63) is 383 Å². The average Bonchev–Trinajstić information content (AvgIpc) is 1.57. The molecule has 7 heteroatoms. The zero-order valence-corrected chi connectivity index (χ0v) is 49.4. The molecule has 0 radical (unpaired) electrons. The van der Waals surface area contributed by atoms with Crippen LogP contribution in [0, 0.1) is 23.3 Å². The zero-order valence-electron chi connectivity index (χ0n) is 49.4. The summed E-state index contributed by atoms with van der Waals surface area (Å²) in [6, 6.07) is 85.5. The van der Waals surface area contributed by atoms with E-state index in [1.807, 2.05) is 170 Å². The lowest BCUT2D eigenvalue weighted by atomic mass is 9.66. The zero-order chi connectivity index (χ0) is 61.8. The van der Waals surface area contributed by atoms with Gasteiger partial charge in [0.15, 0.2) is 0 Å². The van der Waals surface area contributed by atoms with Gasteiger partial charge in [0, 0.05) is 28.2 Å². The number of fused-ring (bicyclic) bond motifs is 5. The molecule has 0 amide bonds. The number of benzene rings is 12. The summed E-state index contributed by atoms with van der Waals surface area (Å²) < 4.78 is 82.5. The molecule has 3 aliphatic rings. The number of ether oxygens (including phenoxy) is 2. The maximum Gasteiger partial charge on any atom is 0.130 e. The van der Waals surface area contributed by atoms with Gasteiger partial charge in [0.1, 0.15) is 46.3 Å². The minimum atomic E-state index is -1.55. The van der Waals surface area contributed by atoms with E-state index in [0.29, 0.717) is 68.6 Å². The molecule has 3 aliphatic carbocycles. The van der Waals surface area contributed by atoms with Gasteiger partial charge in [-0.2, -0.15) is 0 Å². The molecule has 3 nitrogen and oxygen atoms in total. The van der Waals surface area contributed by atoms with Gasteiger partial charge in [-0.05, 0) is 217 Å². The summed E-state index contributed by atoms with van der Waals surface area (Å²) in [6.45, 7) is 7.77. The molecular formula is C84H57F4NO2. The van der Waals surface area contributed by atoms with Gasteiger partial charge >= 0.3 is 0 Å². The Morgan fingerprint density at radius 2 is 0.791 bits per heavy atom. The monoisotopic (exact) mass is 1190 g/mol. The van der Waals surface area contributed by atoms with E-state index in [1.165, 1.54) is 36.4 Å². The fourth-order valence-electron chi connectivity index (χ4n) is 14.2. The van der Waals surface area contributed by atoms with Crippen molar-refractivity contribution in [2.45, 2.75) is 23.7 Å².